The van der Waals surface area contributed by atoms with E-state index in [1.807, 2.05) is 0 Å². The van der Waals surface area contributed by atoms with E-state index in [0.717, 1.165) is 18.3 Å². The molecule has 0 fully saturated rings. The van der Waals surface area contributed by atoms with Crippen LogP contribution in [0.5, 0.6) is 0 Å². The van der Waals surface area contributed by atoms with Crippen molar-refractivity contribution in [2.45, 2.75) is 12.6 Å². The van der Waals surface area contributed by atoms with Crippen molar-refractivity contribution in [3.63, 3.8) is 0 Å². The van der Waals surface area contributed by atoms with Crippen LogP contribution in [-0.2, 0) is 15.7 Å². The first-order valence-electron chi connectivity index (χ1n) is 5.88. The van der Waals surface area contributed by atoms with E-state index in [4.69, 9.17) is 9.47 Å². The maximum absolute atomic E-state index is 12.4. The molecular formula is C12H17F3N2O2. The molecule has 1 heterocycles. The van der Waals surface area contributed by atoms with Gasteiger partial charge in [0.05, 0.1) is 18.8 Å². The van der Waals surface area contributed by atoms with Crippen molar-refractivity contribution < 1.29 is 22.6 Å². The first kappa shape index (κ1) is 15.7. The van der Waals surface area contributed by atoms with Crippen LogP contribution in [0, 0.1) is 0 Å². The van der Waals surface area contributed by atoms with Crippen molar-refractivity contribution in [1.82, 2.24) is 4.98 Å². The fraction of sp³-hybridized carbons (Fsp3) is 0.583. The van der Waals surface area contributed by atoms with Crippen LogP contribution in [0.4, 0.5) is 19.0 Å². The van der Waals surface area contributed by atoms with Gasteiger partial charge in [-0.05, 0) is 18.6 Å². The standard InChI is InChI=1S/C12H17F3N2O2/c1-18-7-8-19-6-2-4-16-11-9-10(3-5-17-11)12(13,14)15/h3,5,9H,2,4,6-8H2,1H3,(H,16,17). The van der Waals surface area contributed by atoms with Crippen LogP contribution in [0.2, 0.25) is 0 Å². The maximum atomic E-state index is 12.4. The number of aromatic nitrogens is 1. The number of alkyl halides is 3. The third kappa shape index (κ3) is 6.40. The zero-order valence-electron chi connectivity index (χ0n) is 10.7. The number of pyridine rings is 1. The topological polar surface area (TPSA) is 43.4 Å². The van der Waals surface area contributed by atoms with Crippen molar-refractivity contribution in [2.24, 2.45) is 0 Å². The van der Waals surface area contributed by atoms with Gasteiger partial charge in [-0.25, -0.2) is 4.98 Å². The van der Waals surface area contributed by atoms with Gasteiger partial charge in [-0.3, -0.25) is 0 Å². The summed E-state index contributed by atoms with van der Waals surface area (Å²) in [4.78, 5) is 3.83. The number of halogens is 3. The zero-order chi connectivity index (χ0) is 14.1. The largest absolute Gasteiger partial charge is 0.416 e. The van der Waals surface area contributed by atoms with Crippen molar-refractivity contribution in [1.29, 1.82) is 0 Å². The number of rotatable bonds is 8. The number of hydrogen-bond donors (Lipinski definition) is 1. The minimum absolute atomic E-state index is 0.215. The molecule has 1 rings (SSSR count). The summed E-state index contributed by atoms with van der Waals surface area (Å²) in [6.45, 7) is 2.07. The first-order chi connectivity index (χ1) is 9.04. The zero-order valence-corrected chi connectivity index (χ0v) is 10.7. The summed E-state index contributed by atoms with van der Waals surface area (Å²) >= 11 is 0. The Balaban J connectivity index is 2.26. The Morgan fingerprint density at radius 2 is 2.05 bits per heavy atom. The first-order valence-corrected chi connectivity index (χ1v) is 5.88. The highest BCUT2D eigenvalue weighted by Gasteiger charge is 2.30. The van der Waals surface area contributed by atoms with Gasteiger partial charge < -0.3 is 14.8 Å². The quantitative estimate of drug-likeness (QED) is 0.742. The van der Waals surface area contributed by atoms with Crippen LogP contribution in [0.15, 0.2) is 18.3 Å². The molecule has 0 saturated carbocycles. The lowest BCUT2D eigenvalue weighted by atomic mass is 10.2. The van der Waals surface area contributed by atoms with Crippen molar-refractivity contribution in [2.75, 3.05) is 38.8 Å². The van der Waals surface area contributed by atoms with Crippen molar-refractivity contribution in [3.05, 3.63) is 23.9 Å². The van der Waals surface area contributed by atoms with E-state index in [1.165, 1.54) is 0 Å². The third-order valence-electron chi connectivity index (χ3n) is 2.29. The minimum atomic E-state index is -4.34. The second kappa shape index (κ2) is 7.96. The number of nitrogens with one attached hydrogen (secondary N) is 1. The third-order valence-corrected chi connectivity index (χ3v) is 2.29. The average Bonchev–Trinajstić information content (AvgIpc) is 2.37. The highest BCUT2D eigenvalue weighted by Crippen LogP contribution is 2.29. The highest BCUT2D eigenvalue weighted by atomic mass is 19.4. The summed E-state index contributed by atoms with van der Waals surface area (Å²) in [5.74, 6) is 0.215. The Morgan fingerprint density at radius 3 is 2.74 bits per heavy atom. The number of nitrogens with zero attached hydrogens (tertiary/aromatic N) is 1. The normalized spacial score (nSPS) is 11.6. The van der Waals surface area contributed by atoms with Crippen molar-refractivity contribution >= 4 is 5.82 Å². The van der Waals surface area contributed by atoms with Gasteiger partial charge in [0.15, 0.2) is 0 Å². The van der Waals surface area contributed by atoms with Crippen LogP contribution < -0.4 is 5.32 Å². The molecule has 19 heavy (non-hydrogen) atoms. The Kier molecular flexibility index (Phi) is 6.58. The molecule has 4 nitrogen and oxygen atoms in total. The minimum Gasteiger partial charge on any atom is -0.382 e. The molecule has 1 N–H and O–H groups in total. The lowest BCUT2D eigenvalue weighted by Gasteiger charge is -2.09. The molecule has 1 aromatic heterocycles. The summed E-state index contributed by atoms with van der Waals surface area (Å²) in [7, 11) is 1.59. The van der Waals surface area contributed by atoms with E-state index in [2.05, 4.69) is 10.3 Å². The van der Waals surface area contributed by atoms with Crippen LogP contribution >= 0.6 is 0 Å². The smallest absolute Gasteiger partial charge is 0.382 e. The van der Waals surface area contributed by atoms with Crippen LogP contribution in [0.1, 0.15) is 12.0 Å². The molecule has 108 valence electrons. The summed E-state index contributed by atoms with van der Waals surface area (Å²) < 4.78 is 47.4. The van der Waals surface area contributed by atoms with Gasteiger partial charge in [-0.1, -0.05) is 0 Å². The SMILES string of the molecule is COCCOCCCNc1cc(C(F)(F)F)ccn1. The highest BCUT2D eigenvalue weighted by molar-refractivity contribution is 5.38. The van der Waals surface area contributed by atoms with Gasteiger partial charge in [-0.2, -0.15) is 13.2 Å². The van der Waals surface area contributed by atoms with Crippen LogP contribution in [0.25, 0.3) is 0 Å². The van der Waals surface area contributed by atoms with E-state index in [1.54, 1.807) is 7.11 Å². The summed E-state index contributed by atoms with van der Waals surface area (Å²) in [6, 6.07) is 1.94. The van der Waals surface area contributed by atoms with E-state index in [-0.39, 0.29) is 5.82 Å². The van der Waals surface area contributed by atoms with Crippen molar-refractivity contribution in [3.8, 4) is 0 Å². The second-order valence-corrected chi connectivity index (χ2v) is 3.81. The number of anilines is 1. The average molecular weight is 278 g/mol. The molecule has 1 aromatic rings. The molecule has 0 aromatic carbocycles. The van der Waals surface area contributed by atoms with E-state index >= 15 is 0 Å². The summed E-state index contributed by atoms with van der Waals surface area (Å²) in [5, 5.41) is 2.83. The van der Waals surface area contributed by atoms with E-state index in [0.29, 0.717) is 32.8 Å². The summed E-state index contributed by atoms with van der Waals surface area (Å²) in [5.41, 5.74) is -0.707. The summed E-state index contributed by atoms with van der Waals surface area (Å²) in [6.07, 6.45) is -2.52. The van der Waals surface area contributed by atoms with Gasteiger partial charge in [0.1, 0.15) is 5.82 Å². The fourth-order valence-electron chi connectivity index (χ4n) is 1.34. The predicted octanol–water partition coefficient (Wildman–Crippen LogP) is 2.57. The van der Waals surface area contributed by atoms with Gasteiger partial charge >= 0.3 is 6.18 Å². The van der Waals surface area contributed by atoms with Gasteiger partial charge in [0.25, 0.3) is 0 Å². The van der Waals surface area contributed by atoms with Crippen LogP contribution in [0.3, 0.4) is 0 Å². The lowest BCUT2D eigenvalue weighted by Crippen LogP contribution is -2.10. The maximum Gasteiger partial charge on any atom is 0.416 e. The number of methoxy groups -OCH3 is 1. The van der Waals surface area contributed by atoms with Gasteiger partial charge in [-0.15, -0.1) is 0 Å². The molecular weight excluding hydrogens is 261 g/mol. The second-order valence-electron chi connectivity index (χ2n) is 3.81. The number of hydrogen-bond acceptors (Lipinski definition) is 4. The monoisotopic (exact) mass is 278 g/mol. The number of ether oxygens (including phenoxy) is 2. The molecule has 0 aliphatic carbocycles. The Hall–Kier alpha value is -1.34. The molecule has 7 heteroatoms. The molecule has 0 bridgehead atoms. The Morgan fingerprint density at radius 1 is 1.26 bits per heavy atom. The molecule has 0 radical (unpaired) electrons. The van der Waals surface area contributed by atoms with E-state index in [9.17, 15) is 13.2 Å². The fourth-order valence-corrected chi connectivity index (χ4v) is 1.34. The molecule has 0 spiro atoms. The molecule has 0 amide bonds. The molecule has 0 unspecified atom stereocenters. The lowest BCUT2D eigenvalue weighted by molar-refractivity contribution is -0.137. The molecule has 0 atom stereocenters. The Bertz CT molecular complexity index is 372. The van der Waals surface area contributed by atoms with Gasteiger partial charge in [0, 0.05) is 26.5 Å². The van der Waals surface area contributed by atoms with E-state index < -0.39 is 11.7 Å². The molecule has 0 aliphatic heterocycles. The molecule has 0 aliphatic rings. The molecule has 0 saturated heterocycles. The van der Waals surface area contributed by atoms with Gasteiger partial charge in [0.2, 0.25) is 0 Å². The van der Waals surface area contributed by atoms with Crippen LogP contribution in [-0.4, -0.2) is 38.5 Å². The Labute approximate surface area is 109 Å². The predicted molar refractivity (Wildman–Crippen MR) is 65.0 cm³/mol.